The summed E-state index contributed by atoms with van der Waals surface area (Å²) in [4.78, 5) is 4.46. The van der Waals surface area contributed by atoms with Crippen LogP contribution < -0.4 is 0 Å². The van der Waals surface area contributed by atoms with E-state index in [-0.39, 0.29) is 0 Å². The molecule has 2 nitrogen and oxygen atoms in total. The van der Waals surface area contributed by atoms with E-state index in [1.54, 1.807) is 0 Å². The van der Waals surface area contributed by atoms with Gasteiger partial charge in [-0.3, -0.25) is 4.98 Å². The lowest BCUT2D eigenvalue weighted by atomic mass is 9.91. The van der Waals surface area contributed by atoms with Crippen molar-refractivity contribution in [2.75, 3.05) is 6.61 Å². The molecule has 21 heavy (non-hydrogen) atoms. The molecule has 1 aromatic carbocycles. The minimum atomic E-state index is 0.380. The third kappa shape index (κ3) is 2.38. The lowest BCUT2D eigenvalue weighted by Gasteiger charge is -2.14. The van der Waals surface area contributed by atoms with Crippen LogP contribution in [0.15, 0.2) is 42.6 Å². The summed E-state index contributed by atoms with van der Waals surface area (Å²) in [6.45, 7) is 0.380. The normalized spacial score (nSPS) is 27.2. The third-order valence-electron chi connectivity index (χ3n) is 5.38. The van der Waals surface area contributed by atoms with Gasteiger partial charge in [0.1, 0.15) is 0 Å². The van der Waals surface area contributed by atoms with Crippen LogP contribution in [0.2, 0.25) is 0 Å². The Hall–Kier alpha value is -1.67. The fraction of sp³-hybridized carbons (Fsp3) is 0.421. The van der Waals surface area contributed by atoms with Crippen molar-refractivity contribution >= 4 is 0 Å². The highest BCUT2D eigenvalue weighted by molar-refractivity contribution is 5.61. The number of aliphatic hydroxyl groups is 1. The van der Waals surface area contributed by atoms with Crippen molar-refractivity contribution in [3.63, 3.8) is 0 Å². The Labute approximate surface area is 125 Å². The maximum atomic E-state index is 9.42. The van der Waals surface area contributed by atoms with Gasteiger partial charge in [0.2, 0.25) is 0 Å². The fourth-order valence-corrected chi connectivity index (χ4v) is 4.09. The topological polar surface area (TPSA) is 33.1 Å². The van der Waals surface area contributed by atoms with Gasteiger partial charge in [0, 0.05) is 18.4 Å². The molecule has 4 rings (SSSR count). The van der Waals surface area contributed by atoms with E-state index in [1.165, 1.54) is 29.5 Å². The molecule has 3 atom stereocenters. The SMILES string of the molecule is OC[C@@H]1[C@H]2CCc3ccc(-c4ccccn4)cc3CC[C@@H]12. The van der Waals surface area contributed by atoms with Crippen LogP contribution in [0.3, 0.4) is 0 Å². The van der Waals surface area contributed by atoms with Gasteiger partial charge in [-0.05, 0) is 72.8 Å². The molecule has 2 aliphatic carbocycles. The number of hydrogen-bond donors (Lipinski definition) is 1. The number of rotatable bonds is 2. The summed E-state index contributed by atoms with van der Waals surface area (Å²) in [6.07, 6.45) is 6.64. The van der Waals surface area contributed by atoms with Gasteiger partial charge in [-0.15, -0.1) is 0 Å². The lowest BCUT2D eigenvalue weighted by Crippen LogP contribution is -2.02. The number of hydrogen-bond acceptors (Lipinski definition) is 2. The molecular formula is C19H21NO. The highest BCUT2D eigenvalue weighted by atomic mass is 16.3. The molecule has 2 aliphatic rings. The second-order valence-corrected chi connectivity index (χ2v) is 6.45. The highest BCUT2D eigenvalue weighted by Gasteiger charge is 2.48. The predicted octanol–water partition coefficient (Wildman–Crippen LogP) is 3.48. The first-order valence-corrected chi connectivity index (χ1v) is 8.01. The molecule has 1 fully saturated rings. The van der Waals surface area contributed by atoms with Crippen LogP contribution in [-0.4, -0.2) is 16.7 Å². The van der Waals surface area contributed by atoms with Crippen LogP contribution >= 0.6 is 0 Å². The van der Waals surface area contributed by atoms with Crippen LogP contribution in [0.1, 0.15) is 24.0 Å². The van der Waals surface area contributed by atoms with Crippen molar-refractivity contribution in [2.45, 2.75) is 25.7 Å². The van der Waals surface area contributed by atoms with Gasteiger partial charge in [0.15, 0.2) is 0 Å². The average molecular weight is 279 g/mol. The molecule has 0 radical (unpaired) electrons. The number of aromatic nitrogens is 1. The van der Waals surface area contributed by atoms with E-state index in [2.05, 4.69) is 29.2 Å². The molecule has 2 aromatic rings. The Bertz CT molecular complexity index is 637. The minimum Gasteiger partial charge on any atom is -0.396 e. The van der Waals surface area contributed by atoms with E-state index in [0.717, 1.165) is 30.4 Å². The number of fused-ring (bicyclic) bond motifs is 2. The zero-order valence-corrected chi connectivity index (χ0v) is 12.2. The van der Waals surface area contributed by atoms with Crippen LogP contribution in [0, 0.1) is 17.8 Å². The Balaban J connectivity index is 1.61. The maximum absolute atomic E-state index is 9.42. The molecule has 1 aromatic heterocycles. The van der Waals surface area contributed by atoms with Gasteiger partial charge in [-0.25, -0.2) is 0 Å². The molecule has 0 amide bonds. The molecule has 1 heterocycles. The molecule has 0 unspecified atom stereocenters. The van der Waals surface area contributed by atoms with E-state index < -0.39 is 0 Å². The van der Waals surface area contributed by atoms with Crippen LogP contribution in [0.25, 0.3) is 11.3 Å². The van der Waals surface area contributed by atoms with Gasteiger partial charge in [-0.1, -0.05) is 18.2 Å². The molecule has 1 N–H and O–H groups in total. The molecule has 0 aliphatic heterocycles. The predicted molar refractivity (Wildman–Crippen MR) is 83.9 cm³/mol. The number of aryl methyl sites for hydroxylation is 2. The largest absolute Gasteiger partial charge is 0.396 e. The number of nitrogens with zero attached hydrogens (tertiary/aromatic N) is 1. The van der Waals surface area contributed by atoms with Crippen LogP contribution in [0.4, 0.5) is 0 Å². The monoisotopic (exact) mass is 279 g/mol. The fourth-order valence-electron chi connectivity index (χ4n) is 4.09. The Morgan fingerprint density at radius 1 is 1.00 bits per heavy atom. The van der Waals surface area contributed by atoms with Crippen molar-refractivity contribution < 1.29 is 5.11 Å². The van der Waals surface area contributed by atoms with E-state index >= 15 is 0 Å². The van der Waals surface area contributed by atoms with Crippen molar-refractivity contribution in [3.8, 4) is 11.3 Å². The smallest absolute Gasteiger partial charge is 0.0702 e. The first-order valence-electron chi connectivity index (χ1n) is 8.01. The standard InChI is InChI=1S/C19H21NO/c21-12-18-16-8-6-13-4-5-15(19-3-1-2-10-20-19)11-14(13)7-9-17(16)18/h1-5,10-11,16-18,21H,6-9,12H2/t16-,17+,18+/m0/s1. The number of pyridine rings is 1. The summed E-state index contributed by atoms with van der Waals surface area (Å²) in [5.74, 6) is 2.12. The molecule has 2 heteroatoms. The summed E-state index contributed by atoms with van der Waals surface area (Å²) in [6, 6.07) is 12.9. The first-order chi connectivity index (χ1) is 10.4. The van der Waals surface area contributed by atoms with Gasteiger partial charge in [0.05, 0.1) is 5.69 Å². The summed E-state index contributed by atoms with van der Waals surface area (Å²) in [7, 11) is 0. The van der Waals surface area contributed by atoms with Crippen molar-refractivity contribution in [1.29, 1.82) is 0 Å². The van der Waals surface area contributed by atoms with Crippen LogP contribution in [0.5, 0.6) is 0 Å². The first kappa shape index (κ1) is 13.0. The van der Waals surface area contributed by atoms with E-state index in [4.69, 9.17) is 0 Å². The molecule has 0 saturated heterocycles. The number of aliphatic hydroxyl groups excluding tert-OH is 1. The molecule has 0 spiro atoms. The second-order valence-electron chi connectivity index (χ2n) is 6.45. The number of benzene rings is 1. The second kappa shape index (κ2) is 5.27. The zero-order chi connectivity index (χ0) is 14.2. The van der Waals surface area contributed by atoms with Crippen molar-refractivity contribution in [2.24, 2.45) is 17.8 Å². The average Bonchev–Trinajstić information content (AvgIpc) is 3.20. The highest BCUT2D eigenvalue weighted by Crippen LogP contribution is 2.52. The van der Waals surface area contributed by atoms with Crippen LogP contribution in [-0.2, 0) is 12.8 Å². The Kier molecular flexibility index (Phi) is 3.27. The van der Waals surface area contributed by atoms with Gasteiger partial charge in [0.25, 0.3) is 0 Å². The maximum Gasteiger partial charge on any atom is 0.0702 e. The van der Waals surface area contributed by atoms with Gasteiger partial charge < -0.3 is 5.11 Å². The summed E-state index contributed by atoms with van der Waals surface area (Å²) < 4.78 is 0. The van der Waals surface area contributed by atoms with Crippen molar-refractivity contribution in [3.05, 3.63) is 53.7 Å². The molecule has 1 saturated carbocycles. The quantitative estimate of drug-likeness (QED) is 0.913. The Morgan fingerprint density at radius 3 is 2.52 bits per heavy atom. The molecule has 0 bridgehead atoms. The molecule has 108 valence electrons. The molecular weight excluding hydrogens is 258 g/mol. The summed E-state index contributed by atoms with van der Waals surface area (Å²) >= 11 is 0. The van der Waals surface area contributed by atoms with E-state index in [0.29, 0.717) is 12.5 Å². The van der Waals surface area contributed by atoms with Gasteiger partial charge in [-0.2, -0.15) is 0 Å². The minimum absolute atomic E-state index is 0.380. The lowest BCUT2D eigenvalue weighted by molar-refractivity contribution is 0.262. The van der Waals surface area contributed by atoms with Gasteiger partial charge >= 0.3 is 0 Å². The summed E-state index contributed by atoms with van der Waals surface area (Å²) in [5, 5.41) is 9.42. The Morgan fingerprint density at radius 2 is 1.81 bits per heavy atom. The van der Waals surface area contributed by atoms with E-state index in [9.17, 15) is 5.11 Å². The summed E-state index contributed by atoms with van der Waals surface area (Å²) in [5.41, 5.74) is 5.26. The van der Waals surface area contributed by atoms with Crippen molar-refractivity contribution in [1.82, 2.24) is 4.98 Å². The zero-order valence-electron chi connectivity index (χ0n) is 12.2. The third-order valence-corrected chi connectivity index (χ3v) is 5.38. The van der Waals surface area contributed by atoms with E-state index in [1.807, 2.05) is 18.3 Å².